The van der Waals surface area contributed by atoms with Gasteiger partial charge in [0, 0.05) is 24.3 Å². The minimum Gasteiger partial charge on any atom is -0.477 e. The molecule has 0 aliphatic heterocycles. The van der Waals surface area contributed by atoms with Crippen molar-refractivity contribution >= 4 is 17.3 Å². The van der Waals surface area contributed by atoms with Crippen molar-refractivity contribution in [3.05, 3.63) is 46.5 Å². The summed E-state index contributed by atoms with van der Waals surface area (Å²) in [6.07, 6.45) is 1.70. The lowest BCUT2D eigenvalue weighted by atomic mass is 10.1. The van der Waals surface area contributed by atoms with Gasteiger partial charge in [-0.1, -0.05) is 6.08 Å². The van der Waals surface area contributed by atoms with Crippen LogP contribution in [0.2, 0.25) is 0 Å². The Morgan fingerprint density at radius 3 is 2.63 bits per heavy atom. The second kappa shape index (κ2) is 5.99. The molecule has 6 nitrogen and oxygen atoms in total. The first kappa shape index (κ1) is 14.7. The van der Waals surface area contributed by atoms with Gasteiger partial charge in [0.15, 0.2) is 0 Å². The van der Waals surface area contributed by atoms with Gasteiger partial charge in [-0.2, -0.15) is 0 Å². The molecular weight excluding hydrogens is 248 g/mol. The third-order valence-electron chi connectivity index (χ3n) is 2.69. The first-order valence-corrected chi connectivity index (χ1v) is 5.77. The fourth-order valence-electron chi connectivity index (χ4n) is 1.79. The molecule has 0 amide bonds. The van der Waals surface area contributed by atoms with Gasteiger partial charge in [0.25, 0.3) is 5.69 Å². The Hall–Kier alpha value is -2.37. The number of nitro groups is 1. The largest absolute Gasteiger partial charge is 0.477 e. The third kappa shape index (κ3) is 3.31. The number of carboxylic acids is 1. The summed E-state index contributed by atoms with van der Waals surface area (Å²) in [5.74, 6) is -1.31. The lowest BCUT2D eigenvalue weighted by Crippen LogP contribution is -2.30. The van der Waals surface area contributed by atoms with Crippen molar-refractivity contribution in [2.24, 2.45) is 0 Å². The molecule has 6 heteroatoms. The topological polar surface area (TPSA) is 83.7 Å². The molecule has 1 aromatic rings. The van der Waals surface area contributed by atoms with Crippen molar-refractivity contribution in [2.45, 2.75) is 19.9 Å². The van der Waals surface area contributed by atoms with E-state index in [1.807, 2.05) is 18.7 Å². The van der Waals surface area contributed by atoms with Gasteiger partial charge in [-0.3, -0.25) is 10.1 Å². The number of nitrogens with zero attached hydrogens (tertiary/aromatic N) is 2. The molecule has 0 unspecified atom stereocenters. The Balaban J connectivity index is 3.31. The number of hydrogen-bond acceptors (Lipinski definition) is 4. The van der Waals surface area contributed by atoms with Gasteiger partial charge in [-0.25, -0.2) is 4.79 Å². The summed E-state index contributed by atoms with van der Waals surface area (Å²) < 4.78 is 0. The number of rotatable bonds is 6. The van der Waals surface area contributed by atoms with E-state index in [1.165, 1.54) is 12.1 Å². The second-order valence-corrected chi connectivity index (χ2v) is 4.30. The smallest absolute Gasteiger partial charge is 0.342 e. The highest BCUT2D eigenvalue weighted by Crippen LogP contribution is 2.26. The molecule has 0 saturated heterocycles. The van der Waals surface area contributed by atoms with Crippen LogP contribution in [0.15, 0.2) is 30.9 Å². The summed E-state index contributed by atoms with van der Waals surface area (Å²) in [5, 5.41) is 19.8. The molecule has 0 atom stereocenters. The Bertz CT molecular complexity index is 511. The third-order valence-corrected chi connectivity index (χ3v) is 2.69. The van der Waals surface area contributed by atoms with Crippen LogP contribution < -0.4 is 4.90 Å². The van der Waals surface area contributed by atoms with Crippen LogP contribution in [0.25, 0.3) is 0 Å². The summed E-state index contributed by atoms with van der Waals surface area (Å²) in [6.45, 7) is 8.08. The highest BCUT2D eigenvalue weighted by atomic mass is 16.6. The van der Waals surface area contributed by atoms with Gasteiger partial charge >= 0.3 is 5.97 Å². The van der Waals surface area contributed by atoms with Crippen molar-refractivity contribution in [1.29, 1.82) is 0 Å². The number of hydrogen-bond donors (Lipinski definition) is 1. The standard InChI is InChI=1S/C13H16N2O4/c1-4-7-14(9(2)3)10-5-6-12(15(18)19)11(8-10)13(16)17/h4-6,8-9H,1,7H2,2-3H3,(H,16,17). The summed E-state index contributed by atoms with van der Waals surface area (Å²) in [5.41, 5.74) is -0.0892. The predicted molar refractivity (Wildman–Crippen MR) is 72.7 cm³/mol. The zero-order valence-electron chi connectivity index (χ0n) is 10.9. The van der Waals surface area contributed by atoms with Crippen molar-refractivity contribution in [1.82, 2.24) is 0 Å². The molecule has 0 saturated carbocycles. The Morgan fingerprint density at radius 1 is 1.58 bits per heavy atom. The predicted octanol–water partition coefficient (Wildman–Crippen LogP) is 2.69. The molecule has 102 valence electrons. The molecule has 0 radical (unpaired) electrons. The van der Waals surface area contributed by atoms with E-state index in [2.05, 4.69) is 6.58 Å². The fraction of sp³-hybridized carbons (Fsp3) is 0.308. The van der Waals surface area contributed by atoms with Crippen LogP contribution in [0.1, 0.15) is 24.2 Å². The number of carboxylic acid groups (broad SMARTS) is 1. The van der Waals surface area contributed by atoms with E-state index in [9.17, 15) is 14.9 Å². The molecule has 19 heavy (non-hydrogen) atoms. The van der Waals surface area contributed by atoms with E-state index in [-0.39, 0.29) is 11.6 Å². The number of anilines is 1. The zero-order valence-corrected chi connectivity index (χ0v) is 10.9. The average Bonchev–Trinajstić information content (AvgIpc) is 2.34. The molecule has 0 heterocycles. The van der Waals surface area contributed by atoms with Crippen molar-refractivity contribution < 1.29 is 14.8 Å². The summed E-state index contributed by atoms with van der Waals surface area (Å²) in [7, 11) is 0. The van der Waals surface area contributed by atoms with E-state index in [4.69, 9.17) is 5.11 Å². The van der Waals surface area contributed by atoms with Crippen molar-refractivity contribution in [3.63, 3.8) is 0 Å². The van der Waals surface area contributed by atoms with Crippen molar-refractivity contribution in [3.8, 4) is 0 Å². The molecule has 1 aromatic carbocycles. The summed E-state index contributed by atoms with van der Waals surface area (Å²) in [4.78, 5) is 23.1. The SMILES string of the molecule is C=CCN(c1ccc([N+](=O)[O-])c(C(=O)O)c1)C(C)C. The van der Waals surface area contributed by atoms with E-state index >= 15 is 0 Å². The zero-order chi connectivity index (χ0) is 14.6. The monoisotopic (exact) mass is 264 g/mol. The first-order chi connectivity index (χ1) is 8.88. The van der Waals surface area contributed by atoms with Crippen LogP contribution in [0.3, 0.4) is 0 Å². The molecular formula is C13H16N2O4. The first-order valence-electron chi connectivity index (χ1n) is 5.77. The maximum Gasteiger partial charge on any atom is 0.342 e. The minimum absolute atomic E-state index is 0.126. The lowest BCUT2D eigenvalue weighted by molar-refractivity contribution is -0.385. The van der Waals surface area contributed by atoms with Crippen LogP contribution in [0.4, 0.5) is 11.4 Å². The molecule has 0 bridgehead atoms. The minimum atomic E-state index is -1.31. The number of benzene rings is 1. The van der Waals surface area contributed by atoms with E-state index in [0.717, 1.165) is 0 Å². The molecule has 1 rings (SSSR count). The molecule has 0 spiro atoms. The van der Waals surface area contributed by atoms with Gasteiger partial charge in [0.05, 0.1) is 4.92 Å². The average molecular weight is 264 g/mol. The highest BCUT2D eigenvalue weighted by Gasteiger charge is 2.21. The normalized spacial score (nSPS) is 10.3. The van der Waals surface area contributed by atoms with Crippen LogP contribution in [-0.2, 0) is 0 Å². The molecule has 1 N–H and O–H groups in total. The number of aromatic carboxylic acids is 1. The Labute approximate surface area is 111 Å². The molecule has 0 aliphatic rings. The lowest BCUT2D eigenvalue weighted by Gasteiger charge is -2.27. The van der Waals surface area contributed by atoms with Gasteiger partial charge in [0.2, 0.25) is 0 Å². The van der Waals surface area contributed by atoms with Gasteiger partial charge in [-0.15, -0.1) is 6.58 Å². The quantitative estimate of drug-likeness (QED) is 0.485. The number of nitro benzene ring substituents is 1. The van der Waals surface area contributed by atoms with E-state index in [0.29, 0.717) is 12.2 Å². The Kier molecular flexibility index (Phi) is 4.63. The van der Waals surface area contributed by atoms with Crippen LogP contribution in [0.5, 0.6) is 0 Å². The van der Waals surface area contributed by atoms with E-state index in [1.54, 1.807) is 12.1 Å². The summed E-state index contributed by atoms with van der Waals surface area (Å²) >= 11 is 0. The van der Waals surface area contributed by atoms with Crippen LogP contribution in [-0.4, -0.2) is 28.6 Å². The van der Waals surface area contributed by atoms with E-state index < -0.39 is 16.6 Å². The highest BCUT2D eigenvalue weighted by molar-refractivity contribution is 5.93. The fourth-order valence-corrected chi connectivity index (χ4v) is 1.79. The maximum atomic E-state index is 11.1. The molecule has 0 aromatic heterocycles. The molecule has 0 fully saturated rings. The van der Waals surface area contributed by atoms with Crippen molar-refractivity contribution in [2.75, 3.05) is 11.4 Å². The maximum absolute atomic E-state index is 11.1. The Morgan fingerprint density at radius 2 is 2.21 bits per heavy atom. The van der Waals surface area contributed by atoms with Crippen LogP contribution in [0, 0.1) is 10.1 Å². The van der Waals surface area contributed by atoms with Crippen LogP contribution >= 0.6 is 0 Å². The van der Waals surface area contributed by atoms with Gasteiger partial charge in [-0.05, 0) is 26.0 Å². The molecule has 0 aliphatic carbocycles. The second-order valence-electron chi connectivity index (χ2n) is 4.30. The number of carbonyl (C=O) groups is 1. The van der Waals surface area contributed by atoms with Gasteiger partial charge < -0.3 is 10.0 Å². The summed E-state index contributed by atoms with van der Waals surface area (Å²) in [6, 6.07) is 4.22. The van der Waals surface area contributed by atoms with Gasteiger partial charge in [0.1, 0.15) is 5.56 Å².